The van der Waals surface area contributed by atoms with Gasteiger partial charge in [-0.1, -0.05) is 48.0 Å². The summed E-state index contributed by atoms with van der Waals surface area (Å²) in [4.78, 5) is 27.0. The first-order valence-corrected chi connectivity index (χ1v) is 9.23. The molecule has 136 valence electrons. The van der Waals surface area contributed by atoms with Crippen molar-refractivity contribution in [3.05, 3.63) is 70.8 Å². The lowest BCUT2D eigenvalue weighted by molar-refractivity contribution is -0.126. The maximum Gasteiger partial charge on any atom is 0.254 e. The van der Waals surface area contributed by atoms with Crippen LogP contribution in [0.3, 0.4) is 0 Å². The van der Waals surface area contributed by atoms with E-state index in [4.69, 9.17) is 0 Å². The summed E-state index contributed by atoms with van der Waals surface area (Å²) in [7, 11) is 0. The van der Waals surface area contributed by atoms with Crippen LogP contribution in [0.25, 0.3) is 0 Å². The summed E-state index contributed by atoms with van der Waals surface area (Å²) in [6.45, 7) is 5.83. The first kappa shape index (κ1) is 18.2. The Morgan fingerprint density at radius 2 is 1.73 bits per heavy atom. The van der Waals surface area contributed by atoms with Gasteiger partial charge in [-0.3, -0.25) is 9.59 Å². The second-order valence-electron chi connectivity index (χ2n) is 7.09. The van der Waals surface area contributed by atoms with Gasteiger partial charge in [-0.2, -0.15) is 0 Å². The lowest BCUT2D eigenvalue weighted by atomic mass is 9.94. The Bertz CT molecular complexity index is 778. The predicted octanol–water partition coefficient (Wildman–Crippen LogP) is 3.47. The SMILES string of the molecule is Cc1ccc(C(=O)N2CCC(C(=O)NCc3ccccc3)CC2)c(C)c1. The molecule has 0 unspecified atom stereocenters. The number of hydrogen-bond donors (Lipinski definition) is 1. The van der Waals surface area contributed by atoms with Gasteiger partial charge in [0.05, 0.1) is 0 Å². The summed E-state index contributed by atoms with van der Waals surface area (Å²) in [5.41, 5.74) is 4.04. The fourth-order valence-electron chi connectivity index (χ4n) is 3.50. The topological polar surface area (TPSA) is 49.4 Å². The second-order valence-corrected chi connectivity index (χ2v) is 7.09. The van der Waals surface area contributed by atoms with Crippen LogP contribution < -0.4 is 5.32 Å². The van der Waals surface area contributed by atoms with Crippen LogP contribution in [0.15, 0.2) is 48.5 Å². The van der Waals surface area contributed by atoms with Crippen molar-refractivity contribution in [2.24, 2.45) is 5.92 Å². The molecular formula is C22H26N2O2. The van der Waals surface area contributed by atoms with Crippen molar-refractivity contribution in [2.75, 3.05) is 13.1 Å². The molecule has 1 heterocycles. The molecule has 0 atom stereocenters. The summed E-state index contributed by atoms with van der Waals surface area (Å²) in [6.07, 6.45) is 1.44. The van der Waals surface area contributed by atoms with Crippen molar-refractivity contribution in [3.8, 4) is 0 Å². The number of piperidine rings is 1. The molecule has 3 rings (SSSR count). The van der Waals surface area contributed by atoms with Crippen LogP contribution in [-0.4, -0.2) is 29.8 Å². The van der Waals surface area contributed by atoms with E-state index in [-0.39, 0.29) is 17.7 Å². The smallest absolute Gasteiger partial charge is 0.254 e. The monoisotopic (exact) mass is 350 g/mol. The Kier molecular flexibility index (Phi) is 5.71. The molecule has 0 bridgehead atoms. The van der Waals surface area contributed by atoms with E-state index in [1.54, 1.807) is 0 Å². The maximum atomic E-state index is 12.7. The van der Waals surface area contributed by atoms with Gasteiger partial charge >= 0.3 is 0 Å². The highest BCUT2D eigenvalue weighted by atomic mass is 16.2. The van der Waals surface area contributed by atoms with Gasteiger partial charge in [0.25, 0.3) is 5.91 Å². The summed E-state index contributed by atoms with van der Waals surface area (Å²) >= 11 is 0. The number of aryl methyl sites for hydroxylation is 2. The highest BCUT2D eigenvalue weighted by Gasteiger charge is 2.28. The fourth-order valence-corrected chi connectivity index (χ4v) is 3.50. The largest absolute Gasteiger partial charge is 0.352 e. The number of nitrogens with one attached hydrogen (secondary N) is 1. The molecule has 2 amide bonds. The Morgan fingerprint density at radius 3 is 2.38 bits per heavy atom. The average Bonchev–Trinajstić information content (AvgIpc) is 2.66. The molecule has 0 aliphatic carbocycles. The van der Waals surface area contributed by atoms with E-state index in [0.717, 1.165) is 35.1 Å². The number of benzene rings is 2. The van der Waals surface area contributed by atoms with Crippen LogP contribution in [0.2, 0.25) is 0 Å². The Hall–Kier alpha value is -2.62. The van der Waals surface area contributed by atoms with Gasteiger partial charge < -0.3 is 10.2 Å². The number of likely N-dealkylation sites (tertiary alicyclic amines) is 1. The number of rotatable bonds is 4. The maximum absolute atomic E-state index is 12.7. The first-order valence-electron chi connectivity index (χ1n) is 9.23. The van der Waals surface area contributed by atoms with Gasteiger partial charge in [0, 0.05) is 31.1 Å². The third kappa shape index (κ3) is 4.31. The normalized spacial score (nSPS) is 14.9. The van der Waals surface area contributed by atoms with E-state index in [0.29, 0.717) is 19.6 Å². The third-order valence-corrected chi connectivity index (χ3v) is 5.07. The zero-order chi connectivity index (χ0) is 18.5. The zero-order valence-corrected chi connectivity index (χ0v) is 15.5. The van der Waals surface area contributed by atoms with Crippen LogP contribution in [0.5, 0.6) is 0 Å². The van der Waals surface area contributed by atoms with Gasteiger partial charge in [-0.05, 0) is 43.9 Å². The van der Waals surface area contributed by atoms with E-state index >= 15 is 0 Å². The van der Waals surface area contributed by atoms with Crippen molar-refractivity contribution in [2.45, 2.75) is 33.2 Å². The van der Waals surface area contributed by atoms with Crippen LogP contribution >= 0.6 is 0 Å². The summed E-state index contributed by atoms with van der Waals surface area (Å²) in [5, 5.41) is 3.02. The number of nitrogens with zero attached hydrogens (tertiary/aromatic N) is 1. The minimum absolute atomic E-state index is 0.0122. The zero-order valence-electron chi connectivity index (χ0n) is 15.5. The summed E-state index contributed by atoms with van der Waals surface area (Å²) < 4.78 is 0. The molecule has 0 aromatic heterocycles. The highest BCUT2D eigenvalue weighted by molar-refractivity contribution is 5.96. The molecule has 1 saturated heterocycles. The molecule has 1 aliphatic rings. The van der Waals surface area contributed by atoms with E-state index in [1.165, 1.54) is 0 Å². The third-order valence-electron chi connectivity index (χ3n) is 5.07. The van der Waals surface area contributed by atoms with Gasteiger partial charge in [0.15, 0.2) is 0 Å². The van der Waals surface area contributed by atoms with Crippen molar-refractivity contribution >= 4 is 11.8 Å². The van der Waals surface area contributed by atoms with E-state index in [2.05, 4.69) is 5.32 Å². The minimum Gasteiger partial charge on any atom is -0.352 e. The number of hydrogen-bond acceptors (Lipinski definition) is 2. The lowest BCUT2D eigenvalue weighted by Gasteiger charge is -2.31. The molecule has 1 fully saturated rings. The summed E-state index contributed by atoms with van der Waals surface area (Å²) in [5.74, 6) is 0.153. The number of carbonyl (C=O) groups is 2. The second kappa shape index (κ2) is 8.17. The van der Waals surface area contributed by atoms with Crippen LogP contribution in [0, 0.1) is 19.8 Å². The molecule has 2 aromatic rings. The molecule has 0 radical (unpaired) electrons. The predicted molar refractivity (Wildman–Crippen MR) is 103 cm³/mol. The summed E-state index contributed by atoms with van der Waals surface area (Å²) in [6, 6.07) is 15.8. The molecule has 0 spiro atoms. The van der Waals surface area contributed by atoms with Gasteiger partial charge in [-0.15, -0.1) is 0 Å². The van der Waals surface area contributed by atoms with Gasteiger partial charge in [0.1, 0.15) is 0 Å². The molecule has 2 aromatic carbocycles. The van der Waals surface area contributed by atoms with Crippen LogP contribution in [0.4, 0.5) is 0 Å². The first-order chi connectivity index (χ1) is 12.5. The van der Waals surface area contributed by atoms with E-state index in [9.17, 15) is 9.59 Å². The van der Waals surface area contributed by atoms with Crippen LogP contribution in [0.1, 0.15) is 39.9 Å². The highest BCUT2D eigenvalue weighted by Crippen LogP contribution is 2.21. The molecule has 4 nitrogen and oxygen atoms in total. The van der Waals surface area contributed by atoms with E-state index in [1.807, 2.05) is 67.3 Å². The van der Waals surface area contributed by atoms with Crippen molar-refractivity contribution < 1.29 is 9.59 Å². The molecule has 1 aliphatic heterocycles. The van der Waals surface area contributed by atoms with Crippen molar-refractivity contribution in [1.82, 2.24) is 10.2 Å². The molecule has 1 N–H and O–H groups in total. The Labute approximate surface area is 155 Å². The van der Waals surface area contributed by atoms with E-state index < -0.39 is 0 Å². The van der Waals surface area contributed by atoms with Crippen LogP contribution in [-0.2, 0) is 11.3 Å². The quantitative estimate of drug-likeness (QED) is 0.918. The fraction of sp³-hybridized carbons (Fsp3) is 0.364. The number of carbonyl (C=O) groups excluding carboxylic acids is 2. The minimum atomic E-state index is -0.0122. The molecule has 4 heteroatoms. The van der Waals surface area contributed by atoms with Gasteiger partial charge in [-0.25, -0.2) is 0 Å². The Morgan fingerprint density at radius 1 is 1.04 bits per heavy atom. The Balaban J connectivity index is 1.52. The lowest BCUT2D eigenvalue weighted by Crippen LogP contribution is -2.43. The van der Waals surface area contributed by atoms with Crippen molar-refractivity contribution in [1.29, 1.82) is 0 Å². The average molecular weight is 350 g/mol. The van der Waals surface area contributed by atoms with Gasteiger partial charge in [0.2, 0.25) is 5.91 Å². The molecule has 26 heavy (non-hydrogen) atoms. The standard InChI is InChI=1S/C22H26N2O2/c1-16-8-9-20(17(2)14-16)22(26)24-12-10-19(11-13-24)21(25)23-15-18-6-4-3-5-7-18/h3-9,14,19H,10-13,15H2,1-2H3,(H,23,25). The number of amides is 2. The molecular weight excluding hydrogens is 324 g/mol. The van der Waals surface area contributed by atoms with Crippen molar-refractivity contribution in [3.63, 3.8) is 0 Å². The molecule has 0 saturated carbocycles.